The lowest BCUT2D eigenvalue weighted by atomic mass is 10.1. The first-order valence-electron chi connectivity index (χ1n) is 8.83. The van der Waals surface area contributed by atoms with Crippen LogP contribution in [0.25, 0.3) is 10.8 Å². The Labute approximate surface area is 178 Å². The topological polar surface area (TPSA) is 75.7 Å². The van der Waals surface area contributed by atoms with E-state index in [2.05, 4.69) is 21.2 Å². The highest BCUT2D eigenvalue weighted by Gasteiger charge is 2.20. The quantitative estimate of drug-likeness (QED) is 0.578. The van der Waals surface area contributed by atoms with Crippen LogP contribution < -0.4 is 10.1 Å². The molecule has 0 saturated heterocycles. The van der Waals surface area contributed by atoms with E-state index in [1.807, 2.05) is 30.3 Å². The Morgan fingerprint density at radius 3 is 2.55 bits per heavy atom. The zero-order chi connectivity index (χ0) is 21.2. The molecule has 152 valence electrons. The van der Waals surface area contributed by atoms with E-state index in [0.717, 1.165) is 19.6 Å². The summed E-state index contributed by atoms with van der Waals surface area (Å²) >= 11 is 3.52. The van der Waals surface area contributed by atoms with Crippen LogP contribution in [0.15, 0.2) is 64.0 Å². The Balaban J connectivity index is 1.73. The molecule has 0 unspecified atom stereocenters. The van der Waals surface area contributed by atoms with Crippen molar-refractivity contribution >= 4 is 48.3 Å². The summed E-state index contributed by atoms with van der Waals surface area (Å²) in [5.74, 6) is 0.167. The summed E-state index contributed by atoms with van der Waals surface area (Å²) in [6.45, 7) is 1.50. The molecule has 0 aliphatic carbocycles. The fourth-order valence-electron chi connectivity index (χ4n) is 2.82. The molecular weight excluding hydrogens is 456 g/mol. The van der Waals surface area contributed by atoms with E-state index in [4.69, 9.17) is 4.74 Å². The van der Waals surface area contributed by atoms with Crippen LogP contribution in [0.4, 0.5) is 5.69 Å². The molecule has 6 nitrogen and oxygen atoms in total. The number of rotatable bonds is 6. The highest BCUT2D eigenvalue weighted by Crippen LogP contribution is 2.33. The number of ether oxygens (including phenoxy) is 1. The molecule has 3 aromatic rings. The molecule has 8 heteroatoms. The van der Waals surface area contributed by atoms with Gasteiger partial charge in [-0.15, -0.1) is 0 Å². The van der Waals surface area contributed by atoms with Crippen molar-refractivity contribution in [3.8, 4) is 5.75 Å². The van der Waals surface area contributed by atoms with Crippen molar-refractivity contribution in [1.82, 2.24) is 4.31 Å². The zero-order valence-electron chi connectivity index (χ0n) is 16.3. The normalized spacial score (nSPS) is 11.6. The molecule has 1 N–H and O–H groups in total. The van der Waals surface area contributed by atoms with Crippen LogP contribution in [0.5, 0.6) is 5.75 Å². The lowest BCUT2D eigenvalue weighted by Gasteiger charge is -2.15. The highest BCUT2D eigenvalue weighted by atomic mass is 79.9. The lowest BCUT2D eigenvalue weighted by molar-refractivity contribution is -0.118. The maximum absolute atomic E-state index is 12.4. The average Bonchev–Trinajstić information content (AvgIpc) is 2.69. The summed E-state index contributed by atoms with van der Waals surface area (Å²) in [6, 6.07) is 16.3. The standard InChI is InChI=1S/C21H21BrN2O4S/c1-14-8-10-16(12-19(14)29(26,27)24(2)3)23-20(25)13-28-18-11-9-15-6-4-5-7-17(15)21(18)22/h4-12H,13H2,1-3H3,(H,23,25). The fourth-order valence-corrected chi connectivity index (χ4v) is 4.57. The predicted octanol–water partition coefficient (Wildman–Crippen LogP) is 4.18. The van der Waals surface area contributed by atoms with E-state index < -0.39 is 10.0 Å². The van der Waals surface area contributed by atoms with Crippen LogP contribution in [-0.4, -0.2) is 39.3 Å². The first kappa shape index (κ1) is 21.3. The van der Waals surface area contributed by atoms with E-state index in [9.17, 15) is 13.2 Å². The maximum atomic E-state index is 12.4. The summed E-state index contributed by atoms with van der Waals surface area (Å²) in [5.41, 5.74) is 0.996. The first-order valence-corrected chi connectivity index (χ1v) is 11.1. The number of nitrogens with one attached hydrogen (secondary N) is 1. The summed E-state index contributed by atoms with van der Waals surface area (Å²) in [7, 11) is -0.668. The largest absolute Gasteiger partial charge is 0.483 e. The van der Waals surface area contributed by atoms with Gasteiger partial charge in [-0.25, -0.2) is 12.7 Å². The molecule has 0 bridgehead atoms. The number of fused-ring (bicyclic) bond motifs is 1. The van der Waals surface area contributed by atoms with Crippen molar-refractivity contribution in [2.24, 2.45) is 0 Å². The molecule has 0 heterocycles. The van der Waals surface area contributed by atoms with Gasteiger partial charge in [0.2, 0.25) is 10.0 Å². The summed E-state index contributed by atoms with van der Waals surface area (Å²) in [6.07, 6.45) is 0. The smallest absolute Gasteiger partial charge is 0.262 e. The van der Waals surface area contributed by atoms with Gasteiger partial charge in [-0.2, -0.15) is 0 Å². The van der Waals surface area contributed by atoms with Crippen molar-refractivity contribution in [1.29, 1.82) is 0 Å². The van der Waals surface area contributed by atoms with Crippen molar-refractivity contribution in [3.63, 3.8) is 0 Å². The highest BCUT2D eigenvalue weighted by molar-refractivity contribution is 9.10. The van der Waals surface area contributed by atoms with Crippen LogP contribution in [0.3, 0.4) is 0 Å². The average molecular weight is 477 g/mol. The van der Waals surface area contributed by atoms with E-state index >= 15 is 0 Å². The molecule has 29 heavy (non-hydrogen) atoms. The minimum Gasteiger partial charge on any atom is -0.483 e. The summed E-state index contributed by atoms with van der Waals surface area (Å²) < 4.78 is 32.4. The fraction of sp³-hybridized carbons (Fsp3) is 0.190. The molecule has 0 aromatic heterocycles. The third-order valence-corrected chi connectivity index (χ3v) is 7.19. The molecular formula is C21H21BrN2O4S. The van der Waals surface area contributed by atoms with Crippen LogP contribution in [0, 0.1) is 6.92 Å². The van der Waals surface area contributed by atoms with E-state index in [-0.39, 0.29) is 17.4 Å². The van der Waals surface area contributed by atoms with Gasteiger partial charge >= 0.3 is 0 Å². The number of hydrogen-bond acceptors (Lipinski definition) is 4. The minimum absolute atomic E-state index is 0.151. The number of sulfonamides is 1. The molecule has 0 aliphatic rings. The summed E-state index contributed by atoms with van der Waals surface area (Å²) in [4.78, 5) is 12.5. The van der Waals surface area contributed by atoms with Crippen LogP contribution in [-0.2, 0) is 14.8 Å². The zero-order valence-corrected chi connectivity index (χ0v) is 18.7. The molecule has 0 radical (unpaired) electrons. The van der Waals surface area contributed by atoms with Gasteiger partial charge in [-0.05, 0) is 57.4 Å². The number of nitrogens with zero attached hydrogens (tertiary/aromatic N) is 1. The third-order valence-electron chi connectivity index (χ3n) is 4.42. The number of hydrogen-bond donors (Lipinski definition) is 1. The minimum atomic E-state index is -3.60. The van der Waals surface area contributed by atoms with Crippen molar-refractivity contribution < 1.29 is 17.9 Å². The van der Waals surface area contributed by atoms with E-state index in [0.29, 0.717) is 17.0 Å². The second-order valence-electron chi connectivity index (χ2n) is 6.70. The Hall–Kier alpha value is -2.42. The molecule has 3 rings (SSSR count). The van der Waals surface area contributed by atoms with Crippen molar-refractivity contribution in [2.45, 2.75) is 11.8 Å². The molecule has 0 atom stereocenters. The van der Waals surface area contributed by atoms with Gasteiger partial charge in [-0.3, -0.25) is 4.79 Å². The van der Waals surface area contributed by atoms with E-state index in [1.165, 1.54) is 20.2 Å². The van der Waals surface area contributed by atoms with Crippen LogP contribution >= 0.6 is 15.9 Å². The van der Waals surface area contributed by atoms with Crippen LogP contribution in [0.2, 0.25) is 0 Å². The Morgan fingerprint density at radius 2 is 1.83 bits per heavy atom. The molecule has 0 spiro atoms. The Morgan fingerprint density at radius 1 is 1.10 bits per heavy atom. The monoisotopic (exact) mass is 476 g/mol. The molecule has 0 fully saturated rings. The number of amides is 1. The summed E-state index contributed by atoms with van der Waals surface area (Å²) in [5, 5.41) is 4.73. The molecule has 0 saturated carbocycles. The Kier molecular flexibility index (Phi) is 6.26. The number of halogens is 1. The maximum Gasteiger partial charge on any atom is 0.262 e. The molecule has 0 aliphatic heterocycles. The van der Waals surface area contributed by atoms with Crippen LogP contribution in [0.1, 0.15) is 5.56 Å². The van der Waals surface area contributed by atoms with Gasteiger partial charge in [0.25, 0.3) is 5.91 Å². The number of carbonyl (C=O) groups excluding carboxylic acids is 1. The van der Waals surface area contributed by atoms with E-state index in [1.54, 1.807) is 25.1 Å². The van der Waals surface area contributed by atoms with Gasteiger partial charge in [0.05, 0.1) is 9.37 Å². The van der Waals surface area contributed by atoms with Gasteiger partial charge in [0.15, 0.2) is 6.61 Å². The molecule has 3 aromatic carbocycles. The number of aryl methyl sites for hydroxylation is 1. The van der Waals surface area contributed by atoms with Crippen molar-refractivity contribution in [2.75, 3.05) is 26.0 Å². The third kappa shape index (κ3) is 4.60. The Bertz CT molecular complexity index is 1180. The number of carbonyl (C=O) groups is 1. The second-order valence-corrected chi connectivity index (χ2v) is 9.62. The lowest BCUT2D eigenvalue weighted by Crippen LogP contribution is -2.24. The van der Waals surface area contributed by atoms with Gasteiger partial charge in [0.1, 0.15) is 5.75 Å². The SMILES string of the molecule is Cc1ccc(NC(=O)COc2ccc3ccccc3c2Br)cc1S(=O)(=O)N(C)C. The predicted molar refractivity (Wildman–Crippen MR) is 118 cm³/mol. The number of anilines is 1. The van der Waals surface area contributed by atoms with Crippen molar-refractivity contribution in [3.05, 3.63) is 64.6 Å². The van der Waals surface area contributed by atoms with Gasteiger partial charge < -0.3 is 10.1 Å². The second kappa shape index (κ2) is 8.52. The number of benzene rings is 3. The van der Waals surface area contributed by atoms with Gasteiger partial charge in [-0.1, -0.05) is 36.4 Å². The first-order chi connectivity index (χ1) is 13.7. The molecule has 1 amide bonds. The van der Waals surface area contributed by atoms with Gasteiger partial charge in [0, 0.05) is 19.8 Å².